The summed E-state index contributed by atoms with van der Waals surface area (Å²) in [5.41, 5.74) is 0.246. The monoisotopic (exact) mass is 379 g/mol. The van der Waals surface area contributed by atoms with Gasteiger partial charge in [0.15, 0.2) is 5.69 Å². The summed E-state index contributed by atoms with van der Waals surface area (Å²) in [5.74, 6) is 0.155. The Morgan fingerprint density at radius 1 is 1.38 bits per heavy atom. The van der Waals surface area contributed by atoms with Crippen molar-refractivity contribution in [1.29, 1.82) is 0 Å². The molecule has 26 heavy (non-hydrogen) atoms. The molecule has 10 heteroatoms. The summed E-state index contributed by atoms with van der Waals surface area (Å²) < 4.78 is 10.4. The number of rotatable bonds is 6. The molecule has 1 fully saturated rings. The zero-order valence-electron chi connectivity index (χ0n) is 14.7. The molecule has 1 aliphatic rings. The Kier molecular flexibility index (Phi) is 5.94. The Bertz CT molecular complexity index is 774. The van der Waals surface area contributed by atoms with Gasteiger partial charge in [0.05, 0.1) is 25.8 Å². The molecular weight excluding hydrogens is 358 g/mol. The normalized spacial score (nSPS) is 17.3. The molecule has 0 aromatic carbocycles. The Morgan fingerprint density at radius 3 is 2.88 bits per heavy atom. The van der Waals surface area contributed by atoms with Crippen molar-refractivity contribution in [2.24, 2.45) is 0 Å². The van der Waals surface area contributed by atoms with Crippen LogP contribution in [0.1, 0.15) is 39.6 Å². The fraction of sp³-hybridized carbons (Fsp3) is 0.562. The van der Waals surface area contributed by atoms with Gasteiger partial charge in [-0.05, 0) is 13.3 Å². The standard InChI is InChI=1S/C16H21N5O4S/c1-3-14-18-19-15(26-14)8-17-13(22)7-11-9-24-5-4-21(11)16(23)12-6-10(2)25-20-12/h6,11H,3-5,7-9H2,1-2H3,(H,17,22)/t11-/m0/s1. The molecule has 2 aromatic heterocycles. The van der Waals surface area contributed by atoms with Crippen molar-refractivity contribution in [2.45, 2.75) is 39.3 Å². The summed E-state index contributed by atoms with van der Waals surface area (Å²) in [5, 5.41) is 16.4. The first kappa shape index (κ1) is 18.5. The Hall–Kier alpha value is -2.33. The highest BCUT2D eigenvalue weighted by molar-refractivity contribution is 7.11. The smallest absolute Gasteiger partial charge is 0.276 e. The summed E-state index contributed by atoms with van der Waals surface area (Å²) in [6.45, 7) is 5.23. The van der Waals surface area contributed by atoms with Crippen molar-refractivity contribution in [3.8, 4) is 0 Å². The Balaban J connectivity index is 1.57. The van der Waals surface area contributed by atoms with Crippen molar-refractivity contribution in [3.63, 3.8) is 0 Å². The second kappa shape index (κ2) is 8.37. The van der Waals surface area contributed by atoms with E-state index in [0.29, 0.717) is 32.1 Å². The molecule has 0 aliphatic carbocycles. The van der Waals surface area contributed by atoms with Crippen LogP contribution in [0.2, 0.25) is 0 Å². The van der Waals surface area contributed by atoms with Gasteiger partial charge < -0.3 is 19.5 Å². The molecule has 0 unspecified atom stereocenters. The highest BCUT2D eigenvalue weighted by Gasteiger charge is 2.31. The lowest BCUT2D eigenvalue weighted by atomic mass is 10.1. The minimum Gasteiger partial charge on any atom is -0.377 e. The van der Waals surface area contributed by atoms with Crippen molar-refractivity contribution in [2.75, 3.05) is 19.8 Å². The van der Waals surface area contributed by atoms with Gasteiger partial charge in [0.2, 0.25) is 5.91 Å². The molecule has 0 saturated carbocycles. The van der Waals surface area contributed by atoms with Crippen LogP contribution in [0.15, 0.2) is 10.6 Å². The van der Waals surface area contributed by atoms with Gasteiger partial charge in [-0.15, -0.1) is 10.2 Å². The lowest BCUT2D eigenvalue weighted by Gasteiger charge is -2.34. The van der Waals surface area contributed by atoms with E-state index in [1.807, 2.05) is 6.92 Å². The molecule has 0 bridgehead atoms. The lowest BCUT2D eigenvalue weighted by molar-refractivity contribution is -0.123. The predicted octanol–water partition coefficient (Wildman–Crippen LogP) is 0.944. The first-order valence-corrected chi connectivity index (χ1v) is 9.28. The van der Waals surface area contributed by atoms with Gasteiger partial charge in [-0.2, -0.15) is 0 Å². The van der Waals surface area contributed by atoms with Crippen LogP contribution in [0.3, 0.4) is 0 Å². The van der Waals surface area contributed by atoms with Gasteiger partial charge in [-0.3, -0.25) is 9.59 Å². The van der Waals surface area contributed by atoms with E-state index in [9.17, 15) is 9.59 Å². The number of carbonyl (C=O) groups excluding carboxylic acids is 2. The van der Waals surface area contributed by atoms with E-state index < -0.39 is 0 Å². The highest BCUT2D eigenvalue weighted by Crippen LogP contribution is 2.16. The van der Waals surface area contributed by atoms with E-state index in [0.717, 1.165) is 16.4 Å². The maximum atomic E-state index is 12.6. The molecular formula is C16H21N5O4S. The van der Waals surface area contributed by atoms with Gasteiger partial charge in [0.25, 0.3) is 5.91 Å². The van der Waals surface area contributed by atoms with Crippen molar-refractivity contribution < 1.29 is 18.8 Å². The summed E-state index contributed by atoms with van der Waals surface area (Å²) in [7, 11) is 0. The van der Waals surface area contributed by atoms with E-state index >= 15 is 0 Å². The van der Waals surface area contributed by atoms with Crippen LogP contribution in [-0.2, 0) is 22.5 Å². The number of hydrogen-bond acceptors (Lipinski definition) is 8. The molecule has 140 valence electrons. The molecule has 0 spiro atoms. The lowest BCUT2D eigenvalue weighted by Crippen LogP contribution is -2.50. The Morgan fingerprint density at radius 2 is 2.19 bits per heavy atom. The minimum atomic E-state index is -0.339. The van der Waals surface area contributed by atoms with Gasteiger partial charge in [-0.1, -0.05) is 23.4 Å². The number of ether oxygens (including phenoxy) is 1. The van der Waals surface area contributed by atoms with E-state index in [1.165, 1.54) is 11.3 Å². The van der Waals surface area contributed by atoms with Crippen LogP contribution in [0.5, 0.6) is 0 Å². The zero-order valence-corrected chi connectivity index (χ0v) is 15.5. The quantitative estimate of drug-likeness (QED) is 0.795. The fourth-order valence-corrected chi connectivity index (χ4v) is 3.39. The number of amides is 2. The second-order valence-electron chi connectivity index (χ2n) is 5.97. The number of morpholine rings is 1. The molecule has 0 radical (unpaired) electrons. The molecule has 1 aliphatic heterocycles. The molecule has 1 atom stereocenters. The van der Waals surface area contributed by atoms with Gasteiger partial charge in [0, 0.05) is 19.0 Å². The van der Waals surface area contributed by atoms with Crippen LogP contribution >= 0.6 is 11.3 Å². The van der Waals surface area contributed by atoms with Gasteiger partial charge in [0.1, 0.15) is 15.8 Å². The van der Waals surface area contributed by atoms with E-state index in [2.05, 4.69) is 20.7 Å². The molecule has 1 saturated heterocycles. The Labute approximate surface area is 154 Å². The number of aryl methyl sites for hydroxylation is 2. The molecule has 2 aromatic rings. The summed E-state index contributed by atoms with van der Waals surface area (Å²) in [6, 6.07) is 1.25. The first-order chi connectivity index (χ1) is 12.6. The van der Waals surface area contributed by atoms with Crippen molar-refractivity contribution >= 4 is 23.2 Å². The van der Waals surface area contributed by atoms with Crippen LogP contribution in [-0.4, -0.2) is 57.9 Å². The third-order valence-corrected chi connectivity index (χ3v) is 5.07. The SMILES string of the molecule is CCc1nnc(CNC(=O)C[C@H]2COCCN2C(=O)c2cc(C)on2)s1. The number of carbonyl (C=O) groups is 2. The van der Waals surface area contributed by atoms with Crippen LogP contribution in [0, 0.1) is 6.92 Å². The summed E-state index contributed by atoms with van der Waals surface area (Å²) in [6.07, 6.45) is 0.978. The fourth-order valence-electron chi connectivity index (χ4n) is 2.67. The van der Waals surface area contributed by atoms with E-state index in [1.54, 1.807) is 17.9 Å². The summed E-state index contributed by atoms with van der Waals surface area (Å²) in [4.78, 5) is 26.5. The van der Waals surface area contributed by atoms with E-state index in [4.69, 9.17) is 9.26 Å². The average molecular weight is 379 g/mol. The molecule has 9 nitrogen and oxygen atoms in total. The van der Waals surface area contributed by atoms with Crippen LogP contribution in [0.25, 0.3) is 0 Å². The largest absolute Gasteiger partial charge is 0.377 e. The molecule has 3 rings (SSSR count). The van der Waals surface area contributed by atoms with Crippen molar-refractivity contribution in [1.82, 2.24) is 25.6 Å². The zero-order chi connectivity index (χ0) is 18.5. The third-order valence-electron chi connectivity index (χ3n) is 4.00. The van der Waals surface area contributed by atoms with Crippen molar-refractivity contribution in [3.05, 3.63) is 27.5 Å². The van der Waals surface area contributed by atoms with E-state index in [-0.39, 0.29) is 30.0 Å². The summed E-state index contributed by atoms with van der Waals surface area (Å²) >= 11 is 1.48. The number of nitrogens with zero attached hydrogens (tertiary/aromatic N) is 4. The van der Waals surface area contributed by atoms with Crippen LogP contribution < -0.4 is 5.32 Å². The molecule has 3 heterocycles. The molecule has 1 N–H and O–H groups in total. The van der Waals surface area contributed by atoms with Gasteiger partial charge in [-0.25, -0.2) is 0 Å². The first-order valence-electron chi connectivity index (χ1n) is 8.46. The molecule has 2 amide bonds. The minimum absolute atomic E-state index is 0.155. The van der Waals surface area contributed by atoms with Gasteiger partial charge >= 0.3 is 0 Å². The third kappa shape index (κ3) is 4.44. The maximum Gasteiger partial charge on any atom is 0.276 e. The topological polar surface area (TPSA) is 110 Å². The highest BCUT2D eigenvalue weighted by atomic mass is 32.1. The second-order valence-corrected chi connectivity index (χ2v) is 7.12. The maximum absolute atomic E-state index is 12.6. The average Bonchev–Trinajstić information content (AvgIpc) is 3.28. The number of hydrogen-bond donors (Lipinski definition) is 1. The number of aromatic nitrogens is 3. The predicted molar refractivity (Wildman–Crippen MR) is 92.6 cm³/mol. The van der Waals surface area contributed by atoms with Crippen LogP contribution in [0.4, 0.5) is 0 Å². The number of nitrogens with one attached hydrogen (secondary N) is 1.